The molecule has 106 valence electrons. The van der Waals surface area contributed by atoms with Gasteiger partial charge in [-0.15, -0.1) is 0 Å². The molecule has 0 aliphatic carbocycles. The number of carboxylic acid groups (broad SMARTS) is 2. The Balaban J connectivity index is 3.05. The van der Waals surface area contributed by atoms with E-state index in [0.717, 1.165) is 19.1 Å². The first-order valence-electron chi connectivity index (χ1n) is 5.62. The predicted octanol–water partition coefficient (Wildman–Crippen LogP) is 1.36. The van der Waals surface area contributed by atoms with Gasteiger partial charge in [0.25, 0.3) is 0 Å². The fourth-order valence-electron chi connectivity index (χ4n) is 1.48. The third-order valence-corrected chi connectivity index (χ3v) is 2.35. The molecule has 0 aliphatic heterocycles. The summed E-state index contributed by atoms with van der Waals surface area (Å²) < 4.78 is 4.73. The molecule has 0 amide bonds. The van der Waals surface area contributed by atoms with Crippen molar-refractivity contribution in [2.45, 2.75) is 19.8 Å². The minimum absolute atomic E-state index is 0.0903. The van der Waals surface area contributed by atoms with E-state index in [4.69, 9.17) is 14.9 Å². The number of carboxylic acids is 2. The normalized spacial score (nSPS) is 9.85. The molecule has 0 fully saturated rings. The van der Waals surface area contributed by atoms with E-state index >= 15 is 0 Å². The van der Waals surface area contributed by atoms with Gasteiger partial charge in [-0.2, -0.15) is 0 Å². The van der Waals surface area contributed by atoms with E-state index in [0.29, 0.717) is 0 Å². The van der Waals surface area contributed by atoms with Crippen LogP contribution in [0, 0.1) is 0 Å². The van der Waals surface area contributed by atoms with Crippen LogP contribution >= 0.6 is 0 Å². The molecule has 7 heteroatoms. The second kappa shape index (κ2) is 6.46. The lowest BCUT2D eigenvalue weighted by Gasteiger charge is -2.07. The van der Waals surface area contributed by atoms with Gasteiger partial charge in [0, 0.05) is 18.9 Å². The topological polar surface area (TPSA) is 118 Å². The van der Waals surface area contributed by atoms with E-state index in [1.807, 2.05) is 0 Å². The van der Waals surface area contributed by atoms with Crippen LogP contribution in [-0.4, -0.2) is 33.9 Å². The minimum Gasteiger partial charge on any atom is -0.481 e. The Morgan fingerprint density at radius 2 is 1.75 bits per heavy atom. The van der Waals surface area contributed by atoms with Crippen molar-refractivity contribution in [1.82, 2.24) is 0 Å². The average molecular weight is 280 g/mol. The van der Waals surface area contributed by atoms with Gasteiger partial charge >= 0.3 is 17.9 Å². The summed E-state index contributed by atoms with van der Waals surface area (Å²) in [5.41, 5.74) is -0.164. The largest absolute Gasteiger partial charge is 0.481 e. The summed E-state index contributed by atoms with van der Waals surface area (Å²) in [5.74, 6) is -3.85. The summed E-state index contributed by atoms with van der Waals surface area (Å²) in [4.78, 5) is 44.0. The van der Waals surface area contributed by atoms with Crippen molar-refractivity contribution in [3.8, 4) is 5.75 Å². The van der Waals surface area contributed by atoms with Crippen LogP contribution in [-0.2, 0) is 9.59 Å². The van der Waals surface area contributed by atoms with E-state index in [1.165, 1.54) is 6.07 Å². The molecule has 7 nitrogen and oxygen atoms in total. The summed E-state index contributed by atoms with van der Waals surface area (Å²) in [6, 6.07) is 3.50. The molecular weight excluding hydrogens is 268 g/mol. The molecule has 0 saturated carbocycles. The van der Waals surface area contributed by atoms with Gasteiger partial charge < -0.3 is 14.9 Å². The number of carbonyl (C=O) groups is 4. The Hall–Kier alpha value is -2.70. The SMILES string of the molecule is CC(=O)Oc1cc(C(=O)CCC(=O)O)ccc1C(=O)O. The fraction of sp³-hybridized carbons (Fsp3) is 0.231. The Bertz CT molecular complexity index is 574. The van der Waals surface area contributed by atoms with E-state index in [2.05, 4.69) is 0 Å². The number of aromatic carboxylic acids is 1. The number of ether oxygens (including phenoxy) is 1. The third-order valence-electron chi connectivity index (χ3n) is 2.35. The van der Waals surface area contributed by atoms with Crippen molar-refractivity contribution in [1.29, 1.82) is 0 Å². The summed E-state index contributed by atoms with van der Waals surface area (Å²) in [6.07, 6.45) is -0.552. The summed E-state index contributed by atoms with van der Waals surface area (Å²) >= 11 is 0. The first-order valence-corrected chi connectivity index (χ1v) is 5.62. The Kier molecular flexibility index (Phi) is 4.96. The zero-order chi connectivity index (χ0) is 15.3. The molecule has 0 heterocycles. The monoisotopic (exact) mass is 280 g/mol. The number of aliphatic carboxylic acids is 1. The van der Waals surface area contributed by atoms with Crippen molar-refractivity contribution >= 4 is 23.7 Å². The molecule has 0 saturated heterocycles. The molecule has 0 radical (unpaired) electrons. The molecule has 0 spiro atoms. The van der Waals surface area contributed by atoms with Gasteiger partial charge in [-0.05, 0) is 12.1 Å². The number of ketones is 1. The van der Waals surface area contributed by atoms with Crippen LogP contribution in [0.3, 0.4) is 0 Å². The Labute approximate surface area is 113 Å². The maximum atomic E-state index is 11.7. The van der Waals surface area contributed by atoms with Crippen LogP contribution in [0.4, 0.5) is 0 Å². The molecule has 0 atom stereocenters. The lowest BCUT2D eigenvalue weighted by Crippen LogP contribution is -2.10. The number of carbonyl (C=O) groups excluding carboxylic acids is 2. The summed E-state index contributed by atoms with van der Waals surface area (Å²) in [6.45, 7) is 1.10. The van der Waals surface area contributed by atoms with Gasteiger partial charge in [-0.25, -0.2) is 4.79 Å². The quantitative estimate of drug-likeness (QED) is 0.458. The standard InChI is InChI=1S/C13H12O7/c1-7(14)20-11-6-8(2-3-9(11)13(18)19)10(15)4-5-12(16)17/h2-3,6H,4-5H2,1H3,(H,16,17)(H,18,19). The molecule has 20 heavy (non-hydrogen) atoms. The highest BCUT2D eigenvalue weighted by molar-refractivity contribution is 6.00. The van der Waals surface area contributed by atoms with E-state index in [-0.39, 0.29) is 29.7 Å². The highest BCUT2D eigenvalue weighted by atomic mass is 16.5. The molecular formula is C13H12O7. The number of benzene rings is 1. The number of hydrogen-bond donors (Lipinski definition) is 2. The third kappa shape index (κ3) is 4.20. The number of hydrogen-bond acceptors (Lipinski definition) is 5. The maximum Gasteiger partial charge on any atom is 0.339 e. The van der Waals surface area contributed by atoms with E-state index < -0.39 is 23.7 Å². The summed E-state index contributed by atoms with van der Waals surface area (Å²) in [5, 5.41) is 17.4. The minimum atomic E-state index is -1.30. The van der Waals surface area contributed by atoms with Crippen LogP contribution in [0.15, 0.2) is 18.2 Å². The second-order valence-corrected chi connectivity index (χ2v) is 3.93. The number of esters is 1. The Morgan fingerprint density at radius 3 is 2.25 bits per heavy atom. The van der Waals surface area contributed by atoms with Gasteiger partial charge in [-0.3, -0.25) is 14.4 Å². The van der Waals surface area contributed by atoms with Gasteiger partial charge in [0.15, 0.2) is 5.78 Å². The van der Waals surface area contributed by atoms with Gasteiger partial charge in [0.05, 0.1) is 6.42 Å². The van der Waals surface area contributed by atoms with Crippen LogP contribution in [0.2, 0.25) is 0 Å². The Morgan fingerprint density at radius 1 is 1.10 bits per heavy atom. The molecule has 1 aromatic rings. The molecule has 0 bridgehead atoms. The summed E-state index contributed by atoms with van der Waals surface area (Å²) in [7, 11) is 0. The second-order valence-electron chi connectivity index (χ2n) is 3.93. The smallest absolute Gasteiger partial charge is 0.339 e. The lowest BCUT2D eigenvalue weighted by atomic mass is 10.0. The van der Waals surface area contributed by atoms with Crippen LogP contribution in [0.25, 0.3) is 0 Å². The zero-order valence-electron chi connectivity index (χ0n) is 10.6. The number of rotatable bonds is 6. The van der Waals surface area contributed by atoms with Crippen molar-refractivity contribution in [2.75, 3.05) is 0 Å². The maximum absolute atomic E-state index is 11.7. The van der Waals surface area contributed by atoms with Gasteiger partial charge in [0.1, 0.15) is 11.3 Å². The zero-order valence-corrected chi connectivity index (χ0v) is 10.6. The van der Waals surface area contributed by atoms with Crippen molar-refractivity contribution < 1.29 is 34.1 Å². The van der Waals surface area contributed by atoms with Crippen molar-refractivity contribution in [2.24, 2.45) is 0 Å². The first-order chi connectivity index (χ1) is 9.31. The van der Waals surface area contributed by atoms with Crippen molar-refractivity contribution in [3.05, 3.63) is 29.3 Å². The predicted molar refractivity (Wildman–Crippen MR) is 65.9 cm³/mol. The van der Waals surface area contributed by atoms with Gasteiger partial charge in [-0.1, -0.05) is 6.07 Å². The van der Waals surface area contributed by atoms with Crippen LogP contribution in [0.1, 0.15) is 40.5 Å². The van der Waals surface area contributed by atoms with E-state index in [9.17, 15) is 19.2 Å². The molecule has 1 aromatic carbocycles. The first kappa shape index (κ1) is 15.4. The highest BCUT2D eigenvalue weighted by Crippen LogP contribution is 2.22. The van der Waals surface area contributed by atoms with Gasteiger partial charge in [0.2, 0.25) is 0 Å². The molecule has 0 aromatic heterocycles. The van der Waals surface area contributed by atoms with E-state index in [1.54, 1.807) is 0 Å². The fourth-order valence-corrected chi connectivity index (χ4v) is 1.48. The van der Waals surface area contributed by atoms with Crippen LogP contribution < -0.4 is 4.74 Å². The average Bonchev–Trinajstić information content (AvgIpc) is 2.34. The molecule has 0 unspecified atom stereocenters. The highest BCUT2D eigenvalue weighted by Gasteiger charge is 2.17. The van der Waals surface area contributed by atoms with Crippen molar-refractivity contribution in [3.63, 3.8) is 0 Å². The number of Topliss-reactive ketones (excluding diaryl/α,β-unsaturated/α-hetero) is 1. The molecule has 2 N–H and O–H groups in total. The van der Waals surface area contributed by atoms with Crippen LogP contribution in [0.5, 0.6) is 5.75 Å². The lowest BCUT2D eigenvalue weighted by molar-refractivity contribution is -0.137. The molecule has 0 aliphatic rings. The molecule has 1 rings (SSSR count).